The molecule has 2 aliphatic heterocycles. The lowest BCUT2D eigenvalue weighted by Crippen LogP contribution is -2.35. The summed E-state index contributed by atoms with van der Waals surface area (Å²) in [4.78, 5) is 16.0. The maximum atomic E-state index is 5.70. The van der Waals surface area contributed by atoms with E-state index in [0.29, 0.717) is 5.92 Å². The van der Waals surface area contributed by atoms with Crippen molar-refractivity contribution in [1.82, 2.24) is 19.9 Å². The smallest absolute Gasteiger partial charge is 0.145 e. The molecular formula is C19H26N6O. The summed E-state index contributed by atoms with van der Waals surface area (Å²) in [6.45, 7) is 2.11. The summed E-state index contributed by atoms with van der Waals surface area (Å²) in [6.07, 6.45) is 8.72. The number of hydrogen-bond donors (Lipinski definition) is 1. The molecule has 4 heterocycles. The number of aliphatic imine (C=N–C) groups is 1. The molecule has 138 valence electrons. The number of methoxy groups -OCH3 is 1. The second-order valence-corrected chi connectivity index (χ2v) is 7.07. The van der Waals surface area contributed by atoms with Gasteiger partial charge in [0.2, 0.25) is 0 Å². The van der Waals surface area contributed by atoms with Crippen molar-refractivity contribution in [1.29, 1.82) is 0 Å². The molecule has 0 aliphatic carbocycles. The third-order valence-corrected chi connectivity index (χ3v) is 5.51. The average Bonchev–Trinajstić information content (AvgIpc) is 3.08. The number of imidazole rings is 1. The molecule has 0 amide bonds. The van der Waals surface area contributed by atoms with Gasteiger partial charge < -0.3 is 19.5 Å². The van der Waals surface area contributed by atoms with Gasteiger partial charge >= 0.3 is 0 Å². The van der Waals surface area contributed by atoms with Gasteiger partial charge in [0.1, 0.15) is 17.6 Å². The summed E-state index contributed by atoms with van der Waals surface area (Å²) in [5, 5.41) is 3.41. The first-order chi connectivity index (χ1) is 12.7. The molecule has 1 fully saturated rings. The highest BCUT2D eigenvalue weighted by Gasteiger charge is 2.25. The number of ether oxygens (including phenoxy) is 1. The Hall–Kier alpha value is -2.41. The van der Waals surface area contributed by atoms with Crippen LogP contribution in [-0.4, -0.2) is 54.2 Å². The number of aromatic nitrogens is 3. The topological polar surface area (TPSA) is 67.6 Å². The predicted molar refractivity (Wildman–Crippen MR) is 102 cm³/mol. The van der Waals surface area contributed by atoms with Crippen LogP contribution in [0.15, 0.2) is 23.6 Å². The maximum Gasteiger partial charge on any atom is 0.145 e. The van der Waals surface area contributed by atoms with Crippen LogP contribution in [0.25, 0.3) is 0 Å². The lowest BCUT2D eigenvalue weighted by Gasteiger charge is -2.30. The van der Waals surface area contributed by atoms with Gasteiger partial charge in [0.15, 0.2) is 0 Å². The molecule has 0 bridgehead atoms. The number of nitrogens with one attached hydrogen (secondary N) is 1. The van der Waals surface area contributed by atoms with Crippen LogP contribution < -0.4 is 15.0 Å². The van der Waals surface area contributed by atoms with Crippen LogP contribution in [0.5, 0.6) is 5.75 Å². The molecule has 7 heteroatoms. The lowest BCUT2D eigenvalue weighted by atomic mass is 9.94. The van der Waals surface area contributed by atoms with Crippen molar-refractivity contribution in [2.75, 3.05) is 32.1 Å². The summed E-state index contributed by atoms with van der Waals surface area (Å²) in [7, 11) is 5.80. The molecular weight excluding hydrogens is 328 g/mol. The summed E-state index contributed by atoms with van der Waals surface area (Å²) >= 11 is 0. The minimum atomic E-state index is 0.0123. The van der Waals surface area contributed by atoms with E-state index in [4.69, 9.17) is 9.72 Å². The fraction of sp³-hybridized carbons (Fsp3) is 0.526. The van der Waals surface area contributed by atoms with Gasteiger partial charge in [-0.05, 0) is 25.9 Å². The van der Waals surface area contributed by atoms with E-state index in [1.807, 2.05) is 32.8 Å². The van der Waals surface area contributed by atoms with E-state index in [-0.39, 0.29) is 6.17 Å². The van der Waals surface area contributed by atoms with E-state index in [0.717, 1.165) is 55.2 Å². The molecule has 0 spiro atoms. The predicted octanol–water partition coefficient (Wildman–Crippen LogP) is 1.73. The molecule has 7 nitrogen and oxygen atoms in total. The molecule has 1 atom stereocenters. The zero-order chi connectivity index (χ0) is 18.1. The van der Waals surface area contributed by atoms with Gasteiger partial charge in [-0.2, -0.15) is 0 Å². The number of nitrogens with zero attached hydrogens (tertiary/aromatic N) is 5. The number of piperidine rings is 1. The highest BCUT2D eigenvalue weighted by atomic mass is 16.5. The van der Waals surface area contributed by atoms with Crippen LogP contribution in [0.4, 0.5) is 5.69 Å². The quantitative estimate of drug-likeness (QED) is 0.906. The summed E-state index contributed by atoms with van der Waals surface area (Å²) in [5.74, 6) is 1.37. The molecule has 2 aromatic rings. The molecule has 0 radical (unpaired) electrons. The number of pyridine rings is 1. The minimum Gasteiger partial charge on any atom is -0.494 e. The van der Waals surface area contributed by atoms with Gasteiger partial charge in [-0.3, -0.25) is 9.98 Å². The van der Waals surface area contributed by atoms with E-state index in [2.05, 4.69) is 30.8 Å². The van der Waals surface area contributed by atoms with Crippen LogP contribution in [0.1, 0.15) is 35.8 Å². The Bertz CT molecular complexity index is 808. The standard InChI is InChI=1S/C19H26N6O/c1-24-12-23-15-10-22-19(9-16(15)24)25(2)17-11-21-14(8-18(17)26-3)13-4-6-20-7-5-13/h8,10-13,19-20H,4-7,9H2,1-3H3. The van der Waals surface area contributed by atoms with Crippen LogP contribution >= 0.6 is 0 Å². The molecule has 26 heavy (non-hydrogen) atoms. The number of fused-ring (bicyclic) bond motifs is 1. The molecule has 0 saturated carbocycles. The van der Waals surface area contributed by atoms with Crippen LogP contribution in [-0.2, 0) is 13.5 Å². The third kappa shape index (κ3) is 3.07. The van der Waals surface area contributed by atoms with Crippen molar-refractivity contribution in [2.45, 2.75) is 31.3 Å². The highest BCUT2D eigenvalue weighted by molar-refractivity contribution is 5.80. The normalized spacial score (nSPS) is 20.0. The maximum absolute atomic E-state index is 5.70. The highest BCUT2D eigenvalue weighted by Crippen LogP contribution is 2.34. The first kappa shape index (κ1) is 17.0. The number of aryl methyl sites for hydroxylation is 1. The van der Waals surface area contributed by atoms with Gasteiger partial charge in [0.05, 0.1) is 31.5 Å². The van der Waals surface area contributed by atoms with E-state index < -0.39 is 0 Å². The summed E-state index contributed by atoms with van der Waals surface area (Å²) < 4.78 is 7.77. The Labute approximate surface area is 154 Å². The van der Waals surface area contributed by atoms with Crippen molar-refractivity contribution in [3.05, 3.63) is 35.7 Å². The largest absolute Gasteiger partial charge is 0.494 e. The van der Waals surface area contributed by atoms with Crippen molar-refractivity contribution < 1.29 is 4.74 Å². The Morgan fingerprint density at radius 3 is 2.85 bits per heavy atom. The van der Waals surface area contributed by atoms with Crippen LogP contribution in [0.2, 0.25) is 0 Å². The molecule has 1 unspecified atom stereocenters. The zero-order valence-electron chi connectivity index (χ0n) is 15.6. The minimum absolute atomic E-state index is 0.0123. The van der Waals surface area contributed by atoms with Crippen LogP contribution in [0.3, 0.4) is 0 Å². The first-order valence-electron chi connectivity index (χ1n) is 9.18. The van der Waals surface area contributed by atoms with Crippen molar-refractivity contribution in [3.63, 3.8) is 0 Å². The van der Waals surface area contributed by atoms with E-state index in [1.165, 1.54) is 5.69 Å². The van der Waals surface area contributed by atoms with Crippen LogP contribution in [0, 0.1) is 0 Å². The summed E-state index contributed by atoms with van der Waals surface area (Å²) in [5.41, 5.74) is 4.26. The molecule has 1 N–H and O–H groups in total. The van der Waals surface area contributed by atoms with Gasteiger partial charge in [0.25, 0.3) is 0 Å². The molecule has 1 saturated heterocycles. The third-order valence-electron chi connectivity index (χ3n) is 5.51. The van der Waals surface area contributed by atoms with Crippen molar-refractivity contribution >= 4 is 11.9 Å². The SMILES string of the molecule is COc1cc(C2CCNCC2)ncc1N(C)C1Cc2c(ncn2C)C=N1. The van der Waals surface area contributed by atoms with E-state index >= 15 is 0 Å². The summed E-state index contributed by atoms with van der Waals surface area (Å²) in [6, 6.07) is 2.10. The average molecular weight is 354 g/mol. The number of rotatable bonds is 4. The molecule has 2 aliphatic rings. The van der Waals surface area contributed by atoms with Crippen molar-refractivity contribution in [3.8, 4) is 5.75 Å². The number of anilines is 1. The number of hydrogen-bond acceptors (Lipinski definition) is 6. The molecule has 2 aromatic heterocycles. The van der Waals surface area contributed by atoms with Gasteiger partial charge in [-0.1, -0.05) is 0 Å². The Morgan fingerprint density at radius 1 is 1.27 bits per heavy atom. The van der Waals surface area contributed by atoms with E-state index in [1.54, 1.807) is 7.11 Å². The Morgan fingerprint density at radius 2 is 2.08 bits per heavy atom. The monoisotopic (exact) mass is 354 g/mol. The zero-order valence-corrected chi connectivity index (χ0v) is 15.6. The van der Waals surface area contributed by atoms with Gasteiger partial charge in [0, 0.05) is 43.9 Å². The first-order valence-corrected chi connectivity index (χ1v) is 9.18. The second kappa shape index (κ2) is 7.07. The Balaban J connectivity index is 1.57. The van der Waals surface area contributed by atoms with Gasteiger partial charge in [-0.15, -0.1) is 0 Å². The van der Waals surface area contributed by atoms with E-state index in [9.17, 15) is 0 Å². The Kier molecular flexibility index (Phi) is 4.63. The fourth-order valence-corrected chi connectivity index (χ4v) is 3.82. The fourth-order valence-electron chi connectivity index (χ4n) is 3.82. The van der Waals surface area contributed by atoms with Gasteiger partial charge in [-0.25, -0.2) is 4.98 Å². The van der Waals surface area contributed by atoms with Crippen molar-refractivity contribution in [2.24, 2.45) is 12.0 Å². The second-order valence-electron chi connectivity index (χ2n) is 7.07. The molecule has 4 rings (SSSR count). The molecule has 0 aromatic carbocycles. The lowest BCUT2D eigenvalue weighted by molar-refractivity contribution is 0.407. The number of likely N-dealkylation sites (N-methyl/N-ethyl adjacent to an activating group) is 1.